The van der Waals surface area contributed by atoms with Gasteiger partial charge in [0.2, 0.25) is 0 Å². The van der Waals surface area contributed by atoms with Gasteiger partial charge in [-0.05, 0) is 181 Å². The Hall–Kier alpha value is -5.14. The standard InChI is InChI=1S/C81H114N8.Zn/c1-10-18-26-34-42-58-50-51-59(43-35-27-19-11-2)67-66(58)74-82-75(67)84-77-70-62(46-38-30-22-14-5)54-55-63(47-39-31-23-15-6)71(70)79(86-77)88-81-73-65(49-41-33-25-17-8)57(9)56-64(48-40-32-24-16-7)72(73)80(89-81)87-78-69-61(45-37-29-21-13-4)53-52-60(44-36-28-20-12-3)68(69)76(83-74)85-78;/h50-56H,10-49H2,1-9H3;/q-2;+2. The van der Waals surface area contributed by atoms with Gasteiger partial charge in [-0.3, -0.25) is 0 Å². The van der Waals surface area contributed by atoms with E-state index in [0.717, 1.165) is 192 Å². The first-order valence-electron chi connectivity index (χ1n) is 37.1. The Morgan fingerprint density at radius 3 is 0.778 bits per heavy atom. The van der Waals surface area contributed by atoms with Crippen LogP contribution in [0.3, 0.4) is 0 Å². The summed E-state index contributed by atoms with van der Waals surface area (Å²) in [5.74, 6) is 2.94. The number of nitrogens with zero attached hydrogens (tertiary/aromatic N) is 8. The third kappa shape index (κ3) is 17.6. The van der Waals surface area contributed by atoms with E-state index in [1.165, 1.54) is 204 Å². The molecule has 0 unspecified atom stereocenters. The summed E-state index contributed by atoms with van der Waals surface area (Å²) in [7, 11) is 0. The smallest absolute Gasteiger partial charge is 0.357 e. The van der Waals surface area contributed by atoms with E-state index in [0.29, 0.717) is 0 Å². The maximum Gasteiger partial charge on any atom is 2.00 e. The van der Waals surface area contributed by atoms with Gasteiger partial charge >= 0.3 is 19.5 Å². The first kappa shape index (κ1) is 70.7. The molecule has 9 rings (SSSR count). The summed E-state index contributed by atoms with van der Waals surface area (Å²) in [5.41, 5.74) is 19.4. The second-order valence-corrected chi connectivity index (χ2v) is 27.0. The fraction of sp³-hybridized carbons (Fsp3) is 0.605. The van der Waals surface area contributed by atoms with Gasteiger partial charge < -0.3 is 29.9 Å². The van der Waals surface area contributed by atoms with Gasteiger partial charge in [-0.2, -0.15) is 0 Å². The maximum absolute atomic E-state index is 5.98. The third-order valence-corrected chi connectivity index (χ3v) is 19.7. The van der Waals surface area contributed by atoms with Crippen molar-refractivity contribution in [3.63, 3.8) is 0 Å². The Morgan fingerprint density at radius 1 is 0.256 bits per heavy atom. The average Bonchev–Trinajstić information content (AvgIpc) is 1.58. The van der Waals surface area contributed by atoms with Crippen LogP contribution in [-0.4, -0.2) is 29.9 Å². The van der Waals surface area contributed by atoms with Crippen LogP contribution in [0.15, 0.2) is 42.5 Å². The molecule has 90 heavy (non-hydrogen) atoms. The molecular weight excluding hydrogens is 1150 g/mol. The van der Waals surface area contributed by atoms with Gasteiger partial charge in [0.25, 0.3) is 0 Å². The van der Waals surface area contributed by atoms with Crippen LogP contribution >= 0.6 is 0 Å². The zero-order chi connectivity index (χ0) is 62.3. The summed E-state index contributed by atoms with van der Waals surface area (Å²) in [6.07, 6.45) is 45.6. The van der Waals surface area contributed by atoms with E-state index in [1.54, 1.807) is 0 Å². The number of fused-ring (bicyclic) bond motifs is 20. The number of unbranched alkanes of at least 4 members (excludes halogenated alkanes) is 24. The van der Waals surface area contributed by atoms with Crippen molar-refractivity contribution in [1.29, 1.82) is 0 Å². The summed E-state index contributed by atoms with van der Waals surface area (Å²) in [6.45, 7) is 20.9. The van der Waals surface area contributed by atoms with Crippen molar-refractivity contribution in [3.05, 3.63) is 92.5 Å². The Kier molecular flexibility index (Phi) is 29.0. The van der Waals surface area contributed by atoms with Gasteiger partial charge in [-0.15, -0.1) is 0 Å². The molecule has 480 valence electrons. The Morgan fingerprint density at radius 2 is 0.489 bits per heavy atom. The topological polar surface area (TPSA) is 106 Å². The zero-order valence-corrected chi connectivity index (χ0v) is 61.1. The van der Waals surface area contributed by atoms with Gasteiger partial charge in [0.1, 0.15) is 0 Å². The van der Waals surface area contributed by atoms with Crippen LogP contribution < -0.4 is 9.97 Å². The molecule has 0 atom stereocenters. The molecule has 4 aromatic carbocycles. The number of aryl methyl sites for hydroxylation is 9. The molecule has 9 heteroatoms. The van der Waals surface area contributed by atoms with Crippen LogP contribution in [0.2, 0.25) is 0 Å². The molecule has 0 radical (unpaired) electrons. The summed E-state index contributed by atoms with van der Waals surface area (Å²) < 4.78 is 0. The van der Waals surface area contributed by atoms with Gasteiger partial charge in [-0.1, -0.05) is 252 Å². The summed E-state index contributed by atoms with van der Waals surface area (Å²) >= 11 is 0. The zero-order valence-electron chi connectivity index (χ0n) is 58.1. The van der Waals surface area contributed by atoms with Crippen LogP contribution in [0.25, 0.3) is 89.7 Å². The van der Waals surface area contributed by atoms with E-state index >= 15 is 0 Å². The van der Waals surface area contributed by atoms with Crippen molar-refractivity contribution < 1.29 is 19.5 Å². The molecule has 3 aromatic heterocycles. The van der Waals surface area contributed by atoms with Crippen LogP contribution in [0.4, 0.5) is 0 Å². The van der Waals surface area contributed by atoms with Crippen LogP contribution in [0.5, 0.6) is 0 Å². The Balaban J connectivity index is 0.0000105. The molecule has 0 spiro atoms. The molecule has 0 aliphatic carbocycles. The average molecular weight is 1270 g/mol. The van der Waals surface area contributed by atoms with Gasteiger partial charge in [0.05, 0.1) is 23.3 Å². The van der Waals surface area contributed by atoms with Crippen LogP contribution in [0.1, 0.15) is 311 Å². The fourth-order valence-electron chi connectivity index (χ4n) is 14.6. The predicted molar refractivity (Wildman–Crippen MR) is 381 cm³/mol. The molecule has 7 aromatic rings. The first-order chi connectivity index (χ1) is 43.8. The van der Waals surface area contributed by atoms with Crippen molar-refractivity contribution in [2.75, 3.05) is 0 Å². The SMILES string of the molecule is CCCCCCc1ccc(CCCCCC)c2c1-c1nc-2nc2[n-]c(nc3nc(nc4[n-]c(n1)c1c(CCCCCC)ccc(CCCCCC)c41)-c1c(CCCCCC)ccc(CCCCCC)c1-3)c1c(CCCCCC)c(C)cc(CCCCCC)c21.[Zn+2]. The molecule has 0 fully saturated rings. The van der Waals surface area contributed by atoms with Crippen LogP contribution in [-0.2, 0) is 70.8 Å². The molecule has 8 nitrogen and oxygen atoms in total. The summed E-state index contributed by atoms with van der Waals surface area (Å²) in [6, 6.07) is 17.1. The van der Waals surface area contributed by atoms with E-state index in [9.17, 15) is 0 Å². The Labute approximate surface area is 557 Å². The molecule has 5 heterocycles. The molecule has 2 aliphatic rings. The molecule has 0 saturated carbocycles. The molecule has 0 N–H and O–H groups in total. The second-order valence-electron chi connectivity index (χ2n) is 27.0. The number of aromatic nitrogens is 8. The quantitative estimate of drug-likeness (QED) is 0.0276. The molecule has 0 saturated heterocycles. The first-order valence-corrected chi connectivity index (χ1v) is 37.1. The summed E-state index contributed by atoms with van der Waals surface area (Å²) in [5, 5.41) is 4.60. The normalized spacial score (nSPS) is 12.0. The monoisotopic (exact) mass is 1260 g/mol. The van der Waals surface area contributed by atoms with Gasteiger partial charge in [-0.25, -0.2) is 9.97 Å². The summed E-state index contributed by atoms with van der Waals surface area (Å²) in [4.78, 5) is 47.2. The van der Waals surface area contributed by atoms with E-state index in [4.69, 9.17) is 39.9 Å². The minimum Gasteiger partial charge on any atom is -0.357 e. The molecule has 8 bridgehead atoms. The Bertz CT molecular complexity index is 3540. The van der Waals surface area contributed by atoms with Crippen molar-refractivity contribution in [1.82, 2.24) is 39.9 Å². The molecular formula is C81H114N8Zn. The van der Waals surface area contributed by atoms with Crippen molar-refractivity contribution in [2.24, 2.45) is 0 Å². The van der Waals surface area contributed by atoms with Crippen LogP contribution in [0, 0.1) is 6.92 Å². The molecule has 0 amide bonds. The number of hydrogen-bond donors (Lipinski definition) is 0. The number of benzene rings is 4. The minimum absolute atomic E-state index is 0. The third-order valence-electron chi connectivity index (χ3n) is 19.7. The predicted octanol–water partition coefficient (Wildman–Crippen LogP) is 23.4. The van der Waals surface area contributed by atoms with E-state index < -0.39 is 0 Å². The van der Waals surface area contributed by atoms with Gasteiger partial charge in [0.15, 0.2) is 0 Å². The van der Waals surface area contributed by atoms with Crippen molar-refractivity contribution in [3.8, 4) is 45.6 Å². The van der Waals surface area contributed by atoms with E-state index in [1.807, 2.05) is 0 Å². The van der Waals surface area contributed by atoms with Gasteiger partial charge in [0, 0.05) is 44.8 Å². The second kappa shape index (κ2) is 36.9. The number of rotatable bonds is 40. The fourth-order valence-corrected chi connectivity index (χ4v) is 14.6. The van der Waals surface area contributed by atoms with Crippen molar-refractivity contribution >= 4 is 44.1 Å². The largest absolute Gasteiger partial charge is 2.00 e. The molecule has 2 aliphatic heterocycles. The van der Waals surface area contributed by atoms with E-state index in [-0.39, 0.29) is 19.5 Å². The maximum atomic E-state index is 5.98. The van der Waals surface area contributed by atoms with Crippen molar-refractivity contribution in [2.45, 2.75) is 319 Å². The number of hydrogen-bond acceptors (Lipinski definition) is 6. The van der Waals surface area contributed by atoms with E-state index in [2.05, 4.69) is 105 Å². The minimum atomic E-state index is 0.